The largest absolute Gasteiger partial charge is 0.435 e. The van der Waals surface area contributed by atoms with Gasteiger partial charge >= 0.3 is 6.18 Å². The molecule has 19 heavy (non-hydrogen) atoms. The normalized spacial score (nSPS) is 11.9. The highest BCUT2D eigenvalue weighted by Crippen LogP contribution is 2.28. The molecule has 3 rings (SSSR count). The molecule has 0 unspecified atom stereocenters. The molecule has 1 aromatic carbocycles. The van der Waals surface area contributed by atoms with E-state index >= 15 is 0 Å². The van der Waals surface area contributed by atoms with Crippen molar-refractivity contribution in [1.29, 1.82) is 0 Å². The lowest BCUT2D eigenvalue weighted by Gasteiger charge is -2.03. The molecule has 0 amide bonds. The molecule has 3 aromatic rings. The minimum absolute atomic E-state index is 0.370. The number of pyridine rings is 1. The van der Waals surface area contributed by atoms with E-state index in [2.05, 4.69) is 16.3 Å². The van der Waals surface area contributed by atoms with Crippen LogP contribution in [0.4, 0.5) is 13.2 Å². The summed E-state index contributed by atoms with van der Waals surface area (Å²) in [4.78, 5) is 4.06. The lowest BCUT2D eigenvalue weighted by molar-refractivity contribution is -0.141. The number of aromatic nitrogens is 3. The van der Waals surface area contributed by atoms with Gasteiger partial charge in [0.05, 0.1) is 11.2 Å². The summed E-state index contributed by atoms with van der Waals surface area (Å²) in [5, 5.41) is 4.30. The quantitative estimate of drug-likeness (QED) is 0.674. The van der Waals surface area contributed by atoms with Crippen LogP contribution in [0.15, 0.2) is 42.6 Å². The van der Waals surface area contributed by atoms with E-state index in [0.29, 0.717) is 5.69 Å². The number of nitrogens with zero attached hydrogens (tertiary/aromatic N) is 3. The van der Waals surface area contributed by atoms with Crippen molar-refractivity contribution >= 4 is 10.9 Å². The Morgan fingerprint density at radius 2 is 1.89 bits per heavy atom. The van der Waals surface area contributed by atoms with Crippen molar-refractivity contribution < 1.29 is 13.2 Å². The van der Waals surface area contributed by atoms with Crippen molar-refractivity contribution in [3.8, 4) is 5.69 Å². The van der Waals surface area contributed by atoms with E-state index < -0.39 is 11.9 Å². The van der Waals surface area contributed by atoms with Crippen molar-refractivity contribution in [2.45, 2.75) is 6.18 Å². The fourth-order valence-corrected chi connectivity index (χ4v) is 1.74. The molecule has 6 heteroatoms. The summed E-state index contributed by atoms with van der Waals surface area (Å²) in [6.07, 6.45) is -0.532. The Balaban J connectivity index is 2.07. The molecule has 0 fully saturated rings. The third-order valence-electron chi connectivity index (χ3n) is 2.65. The van der Waals surface area contributed by atoms with E-state index in [1.807, 2.05) is 18.2 Å². The SMILES string of the molecule is FC(F)(F)c1ccn(-c2[c]nc3ccccc3c2)n1. The van der Waals surface area contributed by atoms with Gasteiger partial charge in [0.15, 0.2) is 5.69 Å². The Bertz CT molecular complexity index is 731. The Hall–Kier alpha value is -2.37. The second-order valence-corrected chi connectivity index (χ2v) is 3.96. The number of alkyl halides is 3. The summed E-state index contributed by atoms with van der Waals surface area (Å²) in [7, 11) is 0. The zero-order valence-electron chi connectivity index (χ0n) is 9.52. The second kappa shape index (κ2) is 4.08. The van der Waals surface area contributed by atoms with Gasteiger partial charge in [-0.05, 0) is 18.2 Å². The Morgan fingerprint density at radius 3 is 2.63 bits per heavy atom. The number of hydrogen-bond donors (Lipinski definition) is 0. The van der Waals surface area contributed by atoms with Gasteiger partial charge in [-0.3, -0.25) is 0 Å². The van der Waals surface area contributed by atoms with Gasteiger partial charge in [-0.2, -0.15) is 18.3 Å². The summed E-state index contributed by atoms with van der Waals surface area (Å²) in [6.45, 7) is 0. The first-order valence-corrected chi connectivity index (χ1v) is 5.45. The third-order valence-corrected chi connectivity index (χ3v) is 2.65. The third kappa shape index (κ3) is 2.16. The number of halogens is 3. The summed E-state index contributed by atoms with van der Waals surface area (Å²) in [5.74, 6) is 0. The molecule has 1 radical (unpaired) electrons. The van der Waals surface area contributed by atoms with E-state index in [1.54, 1.807) is 12.1 Å². The van der Waals surface area contributed by atoms with Gasteiger partial charge in [0.1, 0.15) is 6.20 Å². The lowest BCUT2D eigenvalue weighted by Crippen LogP contribution is -2.07. The van der Waals surface area contributed by atoms with Gasteiger partial charge in [0.25, 0.3) is 0 Å². The van der Waals surface area contributed by atoms with Crippen molar-refractivity contribution in [2.24, 2.45) is 0 Å². The van der Waals surface area contributed by atoms with Crippen LogP contribution in [0.3, 0.4) is 0 Å². The molecule has 2 heterocycles. The van der Waals surface area contributed by atoms with Crippen LogP contribution >= 0.6 is 0 Å². The smallest absolute Gasteiger partial charge is 0.244 e. The van der Waals surface area contributed by atoms with Crippen molar-refractivity contribution in [3.63, 3.8) is 0 Å². The summed E-state index contributed by atoms with van der Waals surface area (Å²) < 4.78 is 38.5. The van der Waals surface area contributed by atoms with Crippen molar-refractivity contribution in [1.82, 2.24) is 14.8 Å². The second-order valence-electron chi connectivity index (χ2n) is 3.96. The predicted molar refractivity (Wildman–Crippen MR) is 62.7 cm³/mol. The van der Waals surface area contributed by atoms with Crippen LogP contribution in [0, 0.1) is 6.20 Å². The summed E-state index contributed by atoms with van der Waals surface area (Å²) >= 11 is 0. The highest BCUT2D eigenvalue weighted by molar-refractivity contribution is 5.79. The minimum Gasteiger partial charge on any atom is -0.244 e. The van der Waals surface area contributed by atoms with E-state index in [9.17, 15) is 13.2 Å². The Kier molecular flexibility index (Phi) is 2.51. The topological polar surface area (TPSA) is 30.7 Å². The maximum absolute atomic E-state index is 12.5. The van der Waals surface area contributed by atoms with Crippen molar-refractivity contribution in [2.75, 3.05) is 0 Å². The monoisotopic (exact) mass is 262 g/mol. The fraction of sp³-hybridized carbons (Fsp3) is 0.0769. The Morgan fingerprint density at radius 1 is 1.11 bits per heavy atom. The average Bonchev–Trinajstić information content (AvgIpc) is 2.87. The average molecular weight is 262 g/mol. The predicted octanol–water partition coefficient (Wildman–Crippen LogP) is 3.24. The standard InChI is InChI=1S/C13H7F3N3/c14-13(15,16)12-5-6-19(18-12)10-7-9-3-1-2-4-11(9)17-8-10/h1-7H. The zero-order chi connectivity index (χ0) is 13.5. The first-order chi connectivity index (χ1) is 9.04. The first-order valence-electron chi connectivity index (χ1n) is 5.45. The van der Waals surface area contributed by atoms with Crippen LogP contribution < -0.4 is 0 Å². The molecule has 0 aliphatic rings. The molecule has 0 atom stereocenters. The van der Waals surface area contributed by atoms with E-state index in [-0.39, 0.29) is 0 Å². The van der Waals surface area contributed by atoms with Crippen LogP contribution in [-0.4, -0.2) is 14.8 Å². The zero-order valence-corrected chi connectivity index (χ0v) is 9.52. The fourth-order valence-electron chi connectivity index (χ4n) is 1.74. The van der Waals surface area contributed by atoms with Gasteiger partial charge < -0.3 is 0 Å². The summed E-state index contributed by atoms with van der Waals surface area (Å²) in [6, 6.07) is 9.91. The Labute approximate surface area is 106 Å². The molecule has 0 N–H and O–H groups in total. The van der Waals surface area contributed by atoms with Gasteiger partial charge in [-0.25, -0.2) is 9.67 Å². The molecular formula is C13H7F3N3. The molecule has 0 spiro atoms. The van der Waals surface area contributed by atoms with Crippen LogP contribution in [0.25, 0.3) is 16.6 Å². The first kappa shape index (κ1) is 11.7. The molecule has 95 valence electrons. The highest BCUT2D eigenvalue weighted by Gasteiger charge is 2.33. The number of benzene rings is 1. The van der Waals surface area contributed by atoms with Gasteiger partial charge in [0, 0.05) is 11.6 Å². The molecule has 0 aliphatic heterocycles. The van der Waals surface area contributed by atoms with E-state index in [4.69, 9.17) is 0 Å². The molecule has 0 saturated heterocycles. The van der Waals surface area contributed by atoms with Gasteiger partial charge in [-0.1, -0.05) is 18.2 Å². The number of fused-ring (bicyclic) bond motifs is 1. The van der Waals surface area contributed by atoms with Crippen molar-refractivity contribution in [3.05, 3.63) is 54.5 Å². The minimum atomic E-state index is -4.45. The maximum atomic E-state index is 12.5. The molecule has 2 aromatic heterocycles. The molecular weight excluding hydrogens is 255 g/mol. The van der Waals surface area contributed by atoms with Crippen LogP contribution in [-0.2, 0) is 6.18 Å². The molecule has 0 aliphatic carbocycles. The van der Waals surface area contributed by atoms with Crippen LogP contribution in [0.5, 0.6) is 0 Å². The number of rotatable bonds is 1. The lowest BCUT2D eigenvalue weighted by atomic mass is 10.2. The van der Waals surface area contributed by atoms with Gasteiger partial charge in [0.2, 0.25) is 0 Å². The number of para-hydroxylation sites is 1. The maximum Gasteiger partial charge on any atom is 0.435 e. The summed E-state index contributed by atoms with van der Waals surface area (Å²) in [5.41, 5.74) is 0.165. The molecule has 0 bridgehead atoms. The van der Waals surface area contributed by atoms with Crippen LogP contribution in [0.2, 0.25) is 0 Å². The molecule has 3 nitrogen and oxygen atoms in total. The van der Waals surface area contributed by atoms with Gasteiger partial charge in [-0.15, -0.1) is 0 Å². The van der Waals surface area contributed by atoms with E-state index in [0.717, 1.165) is 21.7 Å². The van der Waals surface area contributed by atoms with Crippen LogP contribution in [0.1, 0.15) is 5.69 Å². The van der Waals surface area contributed by atoms with E-state index in [1.165, 1.54) is 6.20 Å². The number of hydrogen-bond acceptors (Lipinski definition) is 2. The molecule has 0 saturated carbocycles. The highest BCUT2D eigenvalue weighted by atomic mass is 19.4.